The molecule has 0 aliphatic rings. The van der Waals surface area contributed by atoms with Gasteiger partial charge < -0.3 is 9.53 Å². The minimum absolute atomic E-state index is 0.0263. The van der Waals surface area contributed by atoms with Gasteiger partial charge in [-0.1, -0.05) is 28.1 Å². The van der Waals surface area contributed by atoms with Gasteiger partial charge in [0.1, 0.15) is 6.29 Å². The molecule has 3 nitrogen and oxygen atoms in total. The second-order valence-electron chi connectivity index (χ2n) is 3.77. The fourth-order valence-electron chi connectivity index (χ4n) is 1.56. The first-order valence-corrected chi connectivity index (χ1v) is 6.52. The second-order valence-corrected chi connectivity index (χ2v) is 4.56. The van der Waals surface area contributed by atoms with Crippen LogP contribution in [0.15, 0.2) is 24.3 Å². The van der Waals surface area contributed by atoms with E-state index in [4.69, 9.17) is 0 Å². The first kappa shape index (κ1) is 13.9. The number of methoxy groups -OCH3 is 1. The van der Waals surface area contributed by atoms with Gasteiger partial charge in [0.15, 0.2) is 0 Å². The lowest BCUT2D eigenvalue weighted by molar-refractivity contribution is -0.111. The van der Waals surface area contributed by atoms with Crippen LogP contribution in [0.5, 0.6) is 0 Å². The van der Waals surface area contributed by atoms with Crippen molar-refractivity contribution in [3.05, 3.63) is 35.4 Å². The molecule has 0 heterocycles. The van der Waals surface area contributed by atoms with E-state index in [9.17, 15) is 9.59 Å². The summed E-state index contributed by atoms with van der Waals surface area (Å²) in [4.78, 5) is 22.0. The predicted molar refractivity (Wildman–Crippen MR) is 69.5 cm³/mol. The van der Waals surface area contributed by atoms with Crippen LogP contribution in [0.2, 0.25) is 0 Å². The number of ether oxygens (including phenoxy) is 1. The van der Waals surface area contributed by atoms with Crippen LogP contribution in [0, 0.1) is 5.92 Å². The first-order chi connectivity index (χ1) is 8.21. The molecule has 0 radical (unpaired) electrons. The number of esters is 1. The number of rotatable bonds is 6. The van der Waals surface area contributed by atoms with Crippen molar-refractivity contribution in [2.24, 2.45) is 5.92 Å². The highest BCUT2D eigenvalue weighted by molar-refractivity contribution is 9.09. The van der Waals surface area contributed by atoms with Crippen molar-refractivity contribution < 1.29 is 14.3 Å². The van der Waals surface area contributed by atoms with Crippen LogP contribution >= 0.6 is 15.9 Å². The summed E-state index contributed by atoms with van der Waals surface area (Å²) in [5, 5.41) is 0.816. The highest BCUT2D eigenvalue weighted by Crippen LogP contribution is 2.13. The Balaban J connectivity index is 2.67. The third-order valence-corrected chi connectivity index (χ3v) is 3.00. The molecule has 0 N–H and O–H groups in total. The summed E-state index contributed by atoms with van der Waals surface area (Å²) < 4.78 is 4.62. The Morgan fingerprint density at radius 1 is 1.41 bits per heavy atom. The first-order valence-electron chi connectivity index (χ1n) is 5.39. The normalized spacial score (nSPS) is 11.9. The molecule has 0 bridgehead atoms. The molecule has 0 aliphatic heterocycles. The van der Waals surface area contributed by atoms with E-state index in [-0.39, 0.29) is 11.9 Å². The molecule has 0 saturated heterocycles. The number of hydrogen-bond donors (Lipinski definition) is 0. The number of benzene rings is 1. The van der Waals surface area contributed by atoms with Crippen LogP contribution in [-0.4, -0.2) is 24.7 Å². The maximum absolute atomic E-state index is 11.2. The van der Waals surface area contributed by atoms with Gasteiger partial charge in [-0.25, -0.2) is 4.79 Å². The summed E-state index contributed by atoms with van der Waals surface area (Å²) in [6.07, 6.45) is 2.51. The molecule has 0 amide bonds. The van der Waals surface area contributed by atoms with Gasteiger partial charge in [0.25, 0.3) is 0 Å². The number of halogens is 1. The Morgan fingerprint density at radius 3 is 2.53 bits per heavy atom. The quantitative estimate of drug-likeness (QED) is 0.461. The number of alkyl halides is 1. The average molecular weight is 299 g/mol. The second kappa shape index (κ2) is 7.22. The van der Waals surface area contributed by atoms with Crippen molar-refractivity contribution in [2.45, 2.75) is 12.8 Å². The highest BCUT2D eigenvalue weighted by atomic mass is 79.9. The van der Waals surface area contributed by atoms with E-state index in [0.717, 1.165) is 23.6 Å². The lowest BCUT2D eigenvalue weighted by atomic mass is 9.98. The van der Waals surface area contributed by atoms with E-state index >= 15 is 0 Å². The number of aldehydes is 1. The minimum Gasteiger partial charge on any atom is -0.465 e. The summed E-state index contributed by atoms with van der Waals surface area (Å²) in [5.41, 5.74) is 1.58. The van der Waals surface area contributed by atoms with Crippen molar-refractivity contribution in [1.29, 1.82) is 0 Å². The van der Waals surface area contributed by atoms with Gasteiger partial charge in [-0.15, -0.1) is 0 Å². The standard InChI is InChI=1S/C13H15BrO3/c1-17-13(16)12-4-2-10(3-5-12)8-11(9-15)6-7-14/h2-5,9,11H,6-8H2,1H3. The monoisotopic (exact) mass is 298 g/mol. The van der Waals surface area contributed by atoms with Crippen molar-refractivity contribution in [1.82, 2.24) is 0 Å². The van der Waals surface area contributed by atoms with E-state index in [2.05, 4.69) is 20.7 Å². The molecule has 0 aliphatic carbocycles. The van der Waals surface area contributed by atoms with Crippen LogP contribution in [0.4, 0.5) is 0 Å². The summed E-state index contributed by atoms with van der Waals surface area (Å²) in [6, 6.07) is 7.16. The number of carbonyl (C=O) groups is 2. The highest BCUT2D eigenvalue weighted by Gasteiger charge is 2.09. The molecule has 1 aromatic rings. The predicted octanol–water partition coefficient (Wildman–Crippen LogP) is 2.62. The average Bonchev–Trinajstić information content (AvgIpc) is 2.38. The zero-order chi connectivity index (χ0) is 12.7. The van der Waals surface area contributed by atoms with Crippen molar-refractivity contribution in [2.75, 3.05) is 12.4 Å². The zero-order valence-electron chi connectivity index (χ0n) is 9.69. The van der Waals surface area contributed by atoms with Gasteiger partial charge in [0, 0.05) is 11.2 Å². The Morgan fingerprint density at radius 2 is 2.06 bits per heavy atom. The van der Waals surface area contributed by atoms with Gasteiger partial charge in [0.05, 0.1) is 12.7 Å². The molecule has 0 saturated carbocycles. The topological polar surface area (TPSA) is 43.4 Å². The fraction of sp³-hybridized carbons (Fsp3) is 0.385. The van der Waals surface area contributed by atoms with Crippen molar-refractivity contribution >= 4 is 28.2 Å². The SMILES string of the molecule is COC(=O)c1ccc(CC(C=O)CCBr)cc1. The van der Waals surface area contributed by atoms with Gasteiger partial charge >= 0.3 is 5.97 Å². The number of carbonyl (C=O) groups excluding carboxylic acids is 2. The number of hydrogen-bond acceptors (Lipinski definition) is 3. The maximum Gasteiger partial charge on any atom is 0.337 e. The summed E-state index contributed by atoms with van der Waals surface area (Å²) in [5.74, 6) is -0.317. The molecule has 4 heteroatoms. The smallest absolute Gasteiger partial charge is 0.337 e. The van der Waals surface area contributed by atoms with E-state index in [1.807, 2.05) is 12.1 Å². The molecular weight excluding hydrogens is 284 g/mol. The fourth-order valence-corrected chi connectivity index (χ4v) is 2.14. The largest absolute Gasteiger partial charge is 0.465 e. The van der Waals surface area contributed by atoms with E-state index in [1.54, 1.807) is 12.1 Å². The van der Waals surface area contributed by atoms with Crippen LogP contribution < -0.4 is 0 Å². The Labute approximate surface area is 109 Å². The van der Waals surface area contributed by atoms with Crippen molar-refractivity contribution in [3.8, 4) is 0 Å². The Bertz CT molecular complexity index is 373. The van der Waals surface area contributed by atoms with Gasteiger partial charge in [0.2, 0.25) is 0 Å². The molecule has 0 aromatic heterocycles. The minimum atomic E-state index is -0.344. The Kier molecular flexibility index (Phi) is 5.91. The van der Waals surface area contributed by atoms with Crippen LogP contribution in [0.3, 0.4) is 0 Å². The van der Waals surface area contributed by atoms with Crippen molar-refractivity contribution in [3.63, 3.8) is 0 Å². The molecule has 17 heavy (non-hydrogen) atoms. The summed E-state index contributed by atoms with van der Waals surface area (Å²) >= 11 is 3.32. The molecule has 92 valence electrons. The molecular formula is C13H15BrO3. The molecule has 1 rings (SSSR count). The summed E-state index contributed by atoms with van der Waals surface area (Å²) in [6.45, 7) is 0. The molecule has 1 atom stereocenters. The van der Waals surface area contributed by atoms with E-state index in [1.165, 1.54) is 7.11 Å². The molecule has 1 aromatic carbocycles. The molecule has 0 fully saturated rings. The Hall–Kier alpha value is -1.16. The molecule has 1 unspecified atom stereocenters. The van der Waals surface area contributed by atoms with E-state index in [0.29, 0.717) is 12.0 Å². The third kappa shape index (κ3) is 4.30. The van der Waals surface area contributed by atoms with Crippen LogP contribution in [0.1, 0.15) is 22.3 Å². The van der Waals surface area contributed by atoms with Crippen LogP contribution in [-0.2, 0) is 16.0 Å². The van der Waals surface area contributed by atoms with Gasteiger partial charge in [-0.05, 0) is 30.5 Å². The van der Waals surface area contributed by atoms with E-state index < -0.39 is 0 Å². The van der Waals surface area contributed by atoms with Crippen LogP contribution in [0.25, 0.3) is 0 Å². The zero-order valence-corrected chi connectivity index (χ0v) is 11.3. The summed E-state index contributed by atoms with van der Waals surface area (Å²) in [7, 11) is 1.36. The third-order valence-electron chi connectivity index (χ3n) is 2.55. The van der Waals surface area contributed by atoms with Gasteiger partial charge in [-0.2, -0.15) is 0 Å². The molecule has 0 spiro atoms. The maximum atomic E-state index is 11.2. The van der Waals surface area contributed by atoms with Gasteiger partial charge in [-0.3, -0.25) is 0 Å². The lowest BCUT2D eigenvalue weighted by Gasteiger charge is -2.08. The lowest BCUT2D eigenvalue weighted by Crippen LogP contribution is -2.07.